The van der Waals surface area contributed by atoms with Gasteiger partial charge in [0.05, 0.1) is 15.7 Å². The van der Waals surface area contributed by atoms with Crippen molar-refractivity contribution >= 4 is 62.3 Å². The van der Waals surface area contributed by atoms with Gasteiger partial charge in [-0.05, 0) is 48.5 Å². The van der Waals surface area contributed by atoms with E-state index in [9.17, 15) is 4.79 Å². The van der Waals surface area contributed by atoms with Crippen LogP contribution < -0.4 is 5.32 Å². The molecule has 1 heterocycles. The average molecular weight is 446 g/mol. The predicted octanol–water partition coefficient (Wildman–Crippen LogP) is 6.92. The van der Waals surface area contributed by atoms with Crippen LogP contribution in [0.1, 0.15) is 10.6 Å². The minimum atomic E-state index is -0.413. The zero-order valence-electron chi connectivity index (χ0n) is 11.9. The van der Waals surface area contributed by atoms with Gasteiger partial charge in [-0.1, -0.05) is 50.7 Å². The minimum Gasteiger partial charge on any atom is -0.451 e. The minimum absolute atomic E-state index is 0.139. The van der Waals surface area contributed by atoms with Gasteiger partial charge in [0.1, 0.15) is 5.76 Å². The van der Waals surface area contributed by atoms with Gasteiger partial charge < -0.3 is 9.73 Å². The highest BCUT2D eigenvalue weighted by Crippen LogP contribution is 2.32. The Labute approximate surface area is 161 Å². The van der Waals surface area contributed by atoms with Gasteiger partial charge in [-0.25, -0.2) is 0 Å². The first-order chi connectivity index (χ1) is 11.4. The molecule has 0 radical (unpaired) electrons. The van der Waals surface area contributed by atoms with Gasteiger partial charge in [-0.3, -0.25) is 4.79 Å². The summed E-state index contributed by atoms with van der Waals surface area (Å²) in [6.07, 6.45) is 0. The Balaban J connectivity index is 1.85. The standard InChI is InChI=1S/C17H9BrCl3NO2/c18-9-1-4-14(13(21)7-9)22-17(23)16-6-5-15(24-16)11-8-10(19)2-3-12(11)20/h1-8H,(H,22,23). The molecule has 0 spiro atoms. The maximum absolute atomic E-state index is 12.3. The number of hydrogen-bond donors (Lipinski definition) is 1. The highest BCUT2D eigenvalue weighted by Gasteiger charge is 2.15. The Morgan fingerprint density at radius 2 is 1.75 bits per heavy atom. The number of carbonyl (C=O) groups excluding carboxylic acids is 1. The number of nitrogens with one attached hydrogen (secondary N) is 1. The molecule has 0 unspecified atom stereocenters. The fourth-order valence-corrected chi connectivity index (χ4v) is 3.17. The van der Waals surface area contributed by atoms with Gasteiger partial charge in [0, 0.05) is 15.1 Å². The molecule has 24 heavy (non-hydrogen) atoms. The first-order valence-electron chi connectivity index (χ1n) is 6.76. The second-order valence-corrected chi connectivity index (χ2v) is 7.03. The van der Waals surface area contributed by atoms with Gasteiger partial charge in [0.2, 0.25) is 0 Å². The van der Waals surface area contributed by atoms with Crippen LogP contribution in [-0.2, 0) is 0 Å². The maximum atomic E-state index is 12.3. The molecule has 0 atom stereocenters. The Morgan fingerprint density at radius 3 is 2.50 bits per heavy atom. The van der Waals surface area contributed by atoms with Crippen LogP contribution in [0.3, 0.4) is 0 Å². The van der Waals surface area contributed by atoms with E-state index in [2.05, 4.69) is 21.2 Å². The first kappa shape index (κ1) is 17.4. The number of rotatable bonds is 3. The van der Waals surface area contributed by atoms with E-state index in [4.69, 9.17) is 39.2 Å². The second-order valence-electron chi connectivity index (χ2n) is 4.87. The lowest BCUT2D eigenvalue weighted by molar-refractivity contribution is 0.0997. The highest BCUT2D eigenvalue weighted by molar-refractivity contribution is 9.10. The summed E-state index contributed by atoms with van der Waals surface area (Å²) in [7, 11) is 0. The monoisotopic (exact) mass is 443 g/mol. The molecular weight excluding hydrogens is 436 g/mol. The van der Waals surface area contributed by atoms with E-state index in [1.807, 2.05) is 0 Å². The third-order valence-electron chi connectivity index (χ3n) is 3.20. The van der Waals surface area contributed by atoms with E-state index in [-0.39, 0.29) is 5.76 Å². The molecular formula is C17H9BrCl3NO2. The molecule has 1 amide bonds. The van der Waals surface area contributed by atoms with Crippen LogP contribution in [0.2, 0.25) is 15.1 Å². The highest BCUT2D eigenvalue weighted by atomic mass is 79.9. The van der Waals surface area contributed by atoms with E-state index in [1.165, 1.54) is 0 Å². The topological polar surface area (TPSA) is 42.2 Å². The van der Waals surface area contributed by atoms with Crippen molar-refractivity contribution in [2.45, 2.75) is 0 Å². The summed E-state index contributed by atoms with van der Waals surface area (Å²) in [6, 6.07) is 13.4. The smallest absolute Gasteiger partial charge is 0.291 e. The number of anilines is 1. The maximum Gasteiger partial charge on any atom is 0.291 e. The predicted molar refractivity (Wildman–Crippen MR) is 101 cm³/mol. The Hall–Kier alpha value is -1.46. The van der Waals surface area contributed by atoms with Gasteiger partial charge >= 0.3 is 0 Å². The molecule has 3 rings (SSSR count). The van der Waals surface area contributed by atoms with Crippen molar-refractivity contribution in [3.05, 3.63) is 73.8 Å². The quantitative estimate of drug-likeness (QED) is 0.475. The van der Waals surface area contributed by atoms with Crippen LogP contribution in [0, 0.1) is 0 Å². The molecule has 1 N–H and O–H groups in total. The van der Waals surface area contributed by atoms with Crippen LogP contribution in [-0.4, -0.2) is 5.91 Å². The summed E-state index contributed by atoms with van der Waals surface area (Å²) in [5.41, 5.74) is 1.11. The third kappa shape index (κ3) is 3.78. The van der Waals surface area contributed by atoms with E-state index in [0.29, 0.717) is 32.1 Å². The molecule has 0 saturated carbocycles. The zero-order chi connectivity index (χ0) is 17.3. The lowest BCUT2D eigenvalue weighted by Gasteiger charge is -2.06. The summed E-state index contributed by atoms with van der Waals surface area (Å²) in [5.74, 6) is 0.179. The Bertz CT molecular complexity index is 924. The van der Waals surface area contributed by atoms with Crippen LogP contribution in [0.4, 0.5) is 5.69 Å². The SMILES string of the molecule is O=C(Nc1ccc(Br)cc1Cl)c1ccc(-c2cc(Cl)ccc2Cl)o1. The van der Waals surface area contributed by atoms with Crippen molar-refractivity contribution in [1.29, 1.82) is 0 Å². The summed E-state index contributed by atoms with van der Waals surface area (Å²) >= 11 is 21.5. The lowest BCUT2D eigenvalue weighted by atomic mass is 10.2. The molecule has 122 valence electrons. The van der Waals surface area contributed by atoms with Crippen molar-refractivity contribution in [2.75, 3.05) is 5.32 Å². The van der Waals surface area contributed by atoms with E-state index < -0.39 is 5.91 Å². The van der Waals surface area contributed by atoms with Crippen molar-refractivity contribution in [3.63, 3.8) is 0 Å². The fourth-order valence-electron chi connectivity index (χ4n) is 2.07. The molecule has 7 heteroatoms. The molecule has 0 saturated heterocycles. The number of furan rings is 1. The summed E-state index contributed by atoms with van der Waals surface area (Å²) in [5, 5.41) is 4.13. The van der Waals surface area contributed by atoms with E-state index in [1.54, 1.807) is 48.5 Å². The van der Waals surface area contributed by atoms with E-state index in [0.717, 1.165) is 4.47 Å². The molecule has 0 aliphatic rings. The summed E-state index contributed by atoms with van der Waals surface area (Å²) in [6.45, 7) is 0. The van der Waals surface area contributed by atoms with Crippen molar-refractivity contribution in [2.24, 2.45) is 0 Å². The molecule has 2 aromatic carbocycles. The average Bonchev–Trinajstić information content (AvgIpc) is 3.02. The largest absolute Gasteiger partial charge is 0.451 e. The molecule has 0 fully saturated rings. The lowest BCUT2D eigenvalue weighted by Crippen LogP contribution is -2.11. The molecule has 0 aliphatic heterocycles. The second kappa shape index (κ2) is 7.19. The normalized spacial score (nSPS) is 10.7. The molecule has 3 nitrogen and oxygen atoms in total. The first-order valence-corrected chi connectivity index (χ1v) is 8.68. The molecule has 3 aromatic rings. The van der Waals surface area contributed by atoms with Crippen molar-refractivity contribution in [1.82, 2.24) is 0 Å². The number of halogens is 4. The zero-order valence-corrected chi connectivity index (χ0v) is 15.8. The van der Waals surface area contributed by atoms with Gasteiger partial charge in [0.25, 0.3) is 5.91 Å². The molecule has 0 bridgehead atoms. The summed E-state index contributed by atoms with van der Waals surface area (Å²) in [4.78, 5) is 12.3. The van der Waals surface area contributed by atoms with Crippen molar-refractivity contribution < 1.29 is 9.21 Å². The Morgan fingerprint density at radius 1 is 0.958 bits per heavy atom. The van der Waals surface area contributed by atoms with Crippen LogP contribution in [0.25, 0.3) is 11.3 Å². The number of benzene rings is 2. The number of carbonyl (C=O) groups is 1. The molecule has 0 aliphatic carbocycles. The van der Waals surface area contributed by atoms with Crippen LogP contribution in [0.15, 0.2) is 57.4 Å². The van der Waals surface area contributed by atoms with Crippen molar-refractivity contribution in [3.8, 4) is 11.3 Å². The number of hydrogen-bond acceptors (Lipinski definition) is 2. The fraction of sp³-hybridized carbons (Fsp3) is 0. The van der Waals surface area contributed by atoms with E-state index >= 15 is 0 Å². The van der Waals surface area contributed by atoms with Crippen LogP contribution >= 0.6 is 50.7 Å². The van der Waals surface area contributed by atoms with Crippen LogP contribution in [0.5, 0.6) is 0 Å². The molecule has 1 aromatic heterocycles. The van der Waals surface area contributed by atoms with Gasteiger partial charge in [0.15, 0.2) is 5.76 Å². The number of amides is 1. The van der Waals surface area contributed by atoms with Gasteiger partial charge in [-0.15, -0.1) is 0 Å². The Kier molecular flexibility index (Phi) is 5.21. The third-order valence-corrected chi connectivity index (χ3v) is 4.57. The summed E-state index contributed by atoms with van der Waals surface area (Å²) < 4.78 is 6.42. The van der Waals surface area contributed by atoms with Gasteiger partial charge in [-0.2, -0.15) is 0 Å².